The summed E-state index contributed by atoms with van der Waals surface area (Å²) in [7, 11) is 1.75. The molecule has 3 rings (SSSR count). The van der Waals surface area contributed by atoms with Gasteiger partial charge in [0.25, 0.3) is 0 Å². The molecule has 4 nitrogen and oxygen atoms in total. The third kappa shape index (κ3) is 5.18. The van der Waals surface area contributed by atoms with E-state index >= 15 is 0 Å². The van der Waals surface area contributed by atoms with Crippen LogP contribution in [0.5, 0.6) is 0 Å². The van der Waals surface area contributed by atoms with Gasteiger partial charge in [-0.2, -0.15) is 0 Å². The van der Waals surface area contributed by atoms with Crippen LogP contribution in [0.4, 0.5) is 0 Å². The van der Waals surface area contributed by atoms with Crippen LogP contribution in [0.2, 0.25) is 0 Å². The topological polar surface area (TPSA) is 55.2 Å². The van der Waals surface area contributed by atoms with Gasteiger partial charge in [-0.15, -0.1) is 0 Å². The lowest BCUT2D eigenvalue weighted by Crippen LogP contribution is -2.12. The summed E-state index contributed by atoms with van der Waals surface area (Å²) in [6.07, 6.45) is 6.42. The summed E-state index contributed by atoms with van der Waals surface area (Å²) < 4.78 is 5.43. The molecule has 0 amide bonds. The van der Waals surface area contributed by atoms with Crippen molar-refractivity contribution in [3.63, 3.8) is 0 Å². The zero-order valence-electron chi connectivity index (χ0n) is 20.1. The van der Waals surface area contributed by atoms with Crippen molar-refractivity contribution >= 4 is 5.57 Å². The number of hydrogen-bond acceptors (Lipinski definition) is 4. The van der Waals surface area contributed by atoms with Crippen molar-refractivity contribution in [2.75, 3.05) is 20.3 Å². The molecule has 168 valence electrons. The van der Waals surface area contributed by atoms with Crippen molar-refractivity contribution in [1.29, 1.82) is 0 Å². The molecule has 1 atom stereocenters. The Bertz CT molecular complexity index is 1100. The molecule has 32 heavy (non-hydrogen) atoms. The number of nitrogens with zero attached hydrogens (tertiary/aromatic N) is 2. The molecule has 0 fully saturated rings. The van der Waals surface area contributed by atoms with E-state index in [-0.39, 0.29) is 6.61 Å². The third-order valence-corrected chi connectivity index (χ3v) is 6.10. The number of aryl methyl sites for hydroxylation is 1. The second kappa shape index (κ2) is 10.7. The molecular formula is C28H34N2O2. The molecule has 1 unspecified atom stereocenters. The van der Waals surface area contributed by atoms with Gasteiger partial charge in [-0.1, -0.05) is 38.0 Å². The van der Waals surface area contributed by atoms with Crippen LogP contribution >= 0.6 is 0 Å². The average molecular weight is 431 g/mol. The Morgan fingerprint density at radius 3 is 2.69 bits per heavy atom. The van der Waals surface area contributed by atoms with E-state index in [1.165, 1.54) is 16.7 Å². The van der Waals surface area contributed by atoms with Crippen molar-refractivity contribution in [2.24, 2.45) is 5.92 Å². The molecule has 0 aromatic carbocycles. The van der Waals surface area contributed by atoms with Gasteiger partial charge < -0.3 is 9.84 Å². The highest BCUT2D eigenvalue weighted by molar-refractivity contribution is 5.74. The maximum absolute atomic E-state index is 9.24. The van der Waals surface area contributed by atoms with E-state index in [0.29, 0.717) is 24.1 Å². The second-order valence-electron chi connectivity index (χ2n) is 8.73. The van der Waals surface area contributed by atoms with Gasteiger partial charge in [-0.3, -0.25) is 0 Å². The van der Waals surface area contributed by atoms with E-state index in [4.69, 9.17) is 14.7 Å². The third-order valence-electron chi connectivity index (χ3n) is 6.10. The van der Waals surface area contributed by atoms with Crippen LogP contribution in [0, 0.1) is 24.7 Å². The minimum atomic E-state index is -0.193. The monoisotopic (exact) mass is 430 g/mol. The van der Waals surface area contributed by atoms with Crippen molar-refractivity contribution in [3.8, 4) is 23.1 Å². The number of allylic oxidation sites excluding steroid dienone is 3. The summed E-state index contributed by atoms with van der Waals surface area (Å²) in [4.78, 5) is 9.93. The smallest absolute Gasteiger partial charge is 0.122 e. The molecule has 0 bridgehead atoms. The molecule has 0 spiro atoms. The SMILES string of the molecule is C/C=C(/COC)C1CC=C(C)c2nc(-c3ccc(C(C)C)nc3C#CCO)c(C)cc2C1. The first kappa shape index (κ1) is 23.9. The molecule has 2 aromatic heterocycles. The van der Waals surface area contributed by atoms with Crippen molar-refractivity contribution in [1.82, 2.24) is 9.97 Å². The molecule has 0 aliphatic heterocycles. The Balaban J connectivity index is 2.11. The predicted molar refractivity (Wildman–Crippen MR) is 131 cm³/mol. The second-order valence-corrected chi connectivity index (χ2v) is 8.73. The van der Waals surface area contributed by atoms with Crippen LogP contribution in [-0.4, -0.2) is 35.4 Å². The lowest BCUT2D eigenvalue weighted by Gasteiger charge is -2.19. The minimum absolute atomic E-state index is 0.193. The number of rotatable bonds is 5. The molecule has 0 saturated carbocycles. The van der Waals surface area contributed by atoms with Crippen LogP contribution in [0.15, 0.2) is 35.9 Å². The van der Waals surface area contributed by atoms with Crippen molar-refractivity contribution < 1.29 is 9.84 Å². The number of aliphatic hydroxyl groups excluding tert-OH is 1. The van der Waals surface area contributed by atoms with Gasteiger partial charge in [0.1, 0.15) is 12.3 Å². The van der Waals surface area contributed by atoms with E-state index in [0.717, 1.165) is 41.1 Å². The first-order valence-corrected chi connectivity index (χ1v) is 11.3. The zero-order valence-corrected chi connectivity index (χ0v) is 20.1. The summed E-state index contributed by atoms with van der Waals surface area (Å²) in [6, 6.07) is 6.40. The van der Waals surface area contributed by atoms with Gasteiger partial charge in [0.15, 0.2) is 0 Å². The predicted octanol–water partition coefficient (Wildman–Crippen LogP) is 5.48. The molecule has 1 aliphatic rings. The van der Waals surface area contributed by atoms with E-state index in [2.05, 4.69) is 76.8 Å². The van der Waals surface area contributed by atoms with Crippen LogP contribution in [0.1, 0.15) is 68.2 Å². The fourth-order valence-electron chi connectivity index (χ4n) is 4.30. The minimum Gasteiger partial charge on any atom is -0.384 e. The average Bonchev–Trinajstić information content (AvgIpc) is 2.93. The number of pyridine rings is 2. The van der Waals surface area contributed by atoms with Crippen molar-refractivity contribution in [3.05, 3.63) is 64.1 Å². The number of methoxy groups -OCH3 is 1. The van der Waals surface area contributed by atoms with Crippen LogP contribution in [0.3, 0.4) is 0 Å². The highest BCUT2D eigenvalue weighted by Crippen LogP contribution is 2.35. The first-order chi connectivity index (χ1) is 15.4. The van der Waals surface area contributed by atoms with Crippen LogP contribution in [-0.2, 0) is 11.2 Å². The quantitative estimate of drug-likeness (QED) is 0.504. The lowest BCUT2D eigenvalue weighted by molar-refractivity contribution is 0.215. The Hall–Kier alpha value is -2.74. The van der Waals surface area contributed by atoms with E-state index in [1.54, 1.807) is 7.11 Å². The number of hydrogen-bond donors (Lipinski definition) is 1. The highest BCUT2D eigenvalue weighted by atomic mass is 16.5. The molecule has 0 saturated heterocycles. The van der Waals surface area contributed by atoms with Crippen LogP contribution < -0.4 is 0 Å². The van der Waals surface area contributed by atoms with Crippen molar-refractivity contribution in [2.45, 2.75) is 53.4 Å². The fourth-order valence-corrected chi connectivity index (χ4v) is 4.30. The van der Waals surface area contributed by atoms with Gasteiger partial charge in [-0.05, 0) is 85.8 Å². The van der Waals surface area contributed by atoms with E-state index in [9.17, 15) is 5.11 Å². The normalized spacial score (nSPS) is 16.2. The summed E-state index contributed by atoms with van der Waals surface area (Å²) >= 11 is 0. The zero-order chi connectivity index (χ0) is 23.3. The molecule has 4 heteroatoms. The van der Waals surface area contributed by atoms with Gasteiger partial charge in [0.2, 0.25) is 0 Å². The van der Waals surface area contributed by atoms with Gasteiger partial charge >= 0.3 is 0 Å². The fraction of sp³-hybridized carbons (Fsp3) is 0.429. The van der Waals surface area contributed by atoms with Gasteiger partial charge in [-0.25, -0.2) is 9.97 Å². The largest absolute Gasteiger partial charge is 0.384 e. The molecular weight excluding hydrogens is 396 g/mol. The number of fused-ring (bicyclic) bond motifs is 1. The molecule has 1 N–H and O–H groups in total. The molecule has 1 aliphatic carbocycles. The standard InChI is InChI=1S/C28H34N2O2/c1-7-21(17-32-6)22-11-10-19(4)27-23(16-22)15-20(5)28(30-27)24-12-13-25(18(2)3)29-26(24)9-8-14-31/h7,10,12-13,15,18,22,31H,11,14,16-17H2,1-6H3/b21-7-. The maximum atomic E-state index is 9.24. The van der Waals surface area contributed by atoms with Gasteiger partial charge in [0, 0.05) is 18.4 Å². The molecule has 2 aromatic rings. The molecule has 2 heterocycles. The Morgan fingerprint density at radius 2 is 2.03 bits per heavy atom. The number of aliphatic hydroxyl groups is 1. The first-order valence-electron chi connectivity index (χ1n) is 11.3. The van der Waals surface area contributed by atoms with Crippen LogP contribution in [0.25, 0.3) is 16.8 Å². The Kier molecular flexibility index (Phi) is 8.01. The van der Waals surface area contributed by atoms with E-state index < -0.39 is 0 Å². The summed E-state index contributed by atoms with van der Waals surface area (Å²) in [6.45, 7) is 11.0. The summed E-state index contributed by atoms with van der Waals surface area (Å²) in [5.74, 6) is 6.53. The maximum Gasteiger partial charge on any atom is 0.122 e. The Morgan fingerprint density at radius 1 is 1.25 bits per heavy atom. The molecule has 0 radical (unpaired) electrons. The van der Waals surface area contributed by atoms with Gasteiger partial charge in [0.05, 0.1) is 18.0 Å². The highest BCUT2D eigenvalue weighted by Gasteiger charge is 2.22. The summed E-state index contributed by atoms with van der Waals surface area (Å²) in [5, 5.41) is 9.24. The number of aromatic nitrogens is 2. The lowest BCUT2D eigenvalue weighted by atomic mass is 9.89. The van der Waals surface area contributed by atoms with E-state index in [1.807, 2.05) is 0 Å². The number of ether oxygens (including phenoxy) is 1. The Labute approximate surface area is 192 Å². The summed E-state index contributed by atoms with van der Waals surface area (Å²) in [5.41, 5.74) is 9.44.